The fourth-order valence-electron chi connectivity index (χ4n) is 2.28. The van der Waals surface area contributed by atoms with Gasteiger partial charge in [-0.15, -0.1) is 0 Å². The molecule has 0 radical (unpaired) electrons. The van der Waals surface area contributed by atoms with Crippen LogP contribution >= 0.6 is 0 Å². The van der Waals surface area contributed by atoms with Crippen LogP contribution in [-0.2, 0) is 12.6 Å². The van der Waals surface area contributed by atoms with Crippen molar-refractivity contribution in [1.29, 1.82) is 0 Å². The summed E-state index contributed by atoms with van der Waals surface area (Å²) in [5, 5.41) is 10.3. The largest absolute Gasteiger partial charge is 0.382 e. The van der Waals surface area contributed by atoms with E-state index >= 15 is 0 Å². The van der Waals surface area contributed by atoms with Crippen molar-refractivity contribution in [3.05, 3.63) is 18.2 Å². The lowest BCUT2D eigenvalue weighted by molar-refractivity contribution is -0.101. The second-order valence-electron chi connectivity index (χ2n) is 4.81. The first-order valence-corrected chi connectivity index (χ1v) is 5.23. The van der Waals surface area contributed by atoms with E-state index in [1.54, 1.807) is 6.20 Å². The molecule has 2 rings (SSSR count). The third kappa shape index (κ3) is 1.36. The zero-order valence-corrected chi connectivity index (χ0v) is 9.07. The summed E-state index contributed by atoms with van der Waals surface area (Å²) in [5.74, 6) is 2.13. The molecular formula is C11H18N2O. The van der Waals surface area contributed by atoms with Crippen molar-refractivity contribution in [3.8, 4) is 0 Å². The van der Waals surface area contributed by atoms with Gasteiger partial charge in [-0.25, -0.2) is 4.98 Å². The highest BCUT2D eigenvalue weighted by atomic mass is 16.3. The van der Waals surface area contributed by atoms with Gasteiger partial charge in [0, 0.05) is 19.4 Å². The molecule has 1 aromatic rings. The molecule has 0 saturated heterocycles. The van der Waals surface area contributed by atoms with E-state index in [1.807, 2.05) is 17.8 Å². The van der Waals surface area contributed by atoms with Gasteiger partial charge in [0.25, 0.3) is 0 Å². The Morgan fingerprint density at radius 1 is 1.57 bits per heavy atom. The molecule has 0 aromatic carbocycles. The monoisotopic (exact) mass is 194 g/mol. The number of nitrogens with zero attached hydrogens (tertiary/aromatic N) is 2. The second-order valence-corrected chi connectivity index (χ2v) is 4.81. The Kier molecular flexibility index (Phi) is 2.14. The van der Waals surface area contributed by atoms with E-state index in [-0.39, 0.29) is 0 Å². The first-order chi connectivity index (χ1) is 6.53. The first kappa shape index (κ1) is 9.71. The number of aliphatic hydroxyl groups is 1. The standard InChI is InChI=1S/C11H18N2O/c1-8(2)9-6-11(14,7-9)10-12-4-5-13(10)3/h4-5,8-9,14H,6-7H2,1-3H3. The number of rotatable bonds is 2. The molecule has 1 N–H and O–H groups in total. The van der Waals surface area contributed by atoms with Crippen molar-refractivity contribution in [2.75, 3.05) is 0 Å². The summed E-state index contributed by atoms with van der Waals surface area (Å²) in [6, 6.07) is 0. The van der Waals surface area contributed by atoms with E-state index in [4.69, 9.17) is 0 Å². The fourth-order valence-corrected chi connectivity index (χ4v) is 2.28. The van der Waals surface area contributed by atoms with Gasteiger partial charge in [0.15, 0.2) is 0 Å². The van der Waals surface area contributed by atoms with Gasteiger partial charge in [-0.05, 0) is 24.7 Å². The maximum atomic E-state index is 10.3. The molecule has 0 unspecified atom stereocenters. The van der Waals surface area contributed by atoms with E-state index in [1.165, 1.54) is 0 Å². The van der Waals surface area contributed by atoms with E-state index in [0.717, 1.165) is 18.7 Å². The molecule has 0 aliphatic heterocycles. The summed E-state index contributed by atoms with van der Waals surface area (Å²) in [5.41, 5.74) is -0.660. The second kappa shape index (κ2) is 3.09. The molecular weight excluding hydrogens is 176 g/mol. The Labute approximate surface area is 84.8 Å². The number of aromatic nitrogens is 2. The molecule has 1 heterocycles. The molecule has 0 atom stereocenters. The maximum absolute atomic E-state index is 10.3. The highest BCUT2D eigenvalue weighted by Crippen LogP contribution is 2.47. The molecule has 1 aliphatic rings. The van der Waals surface area contributed by atoms with Crippen molar-refractivity contribution in [2.24, 2.45) is 18.9 Å². The Morgan fingerprint density at radius 3 is 2.64 bits per heavy atom. The summed E-state index contributed by atoms with van der Waals surface area (Å²) < 4.78 is 1.91. The zero-order valence-electron chi connectivity index (χ0n) is 9.07. The molecule has 14 heavy (non-hydrogen) atoms. The summed E-state index contributed by atoms with van der Waals surface area (Å²) in [7, 11) is 1.93. The van der Waals surface area contributed by atoms with Gasteiger partial charge in [-0.3, -0.25) is 0 Å². The highest BCUT2D eigenvalue weighted by Gasteiger charge is 2.47. The summed E-state index contributed by atoms with van der Waals surface area (Å²) in [6.07, 6.45) is 5.34. The Hall–Kier alpha value is -0.830. The number of hydrogen-bond acceptors (Lipinski definition) is 2. The Bertz CT molecular complexity index is 324. The first-order valence-electron chi connectivity index (χ1n) is 5.23. The normalized spacial score (nSPS) is 31.9. The molecule has 0 amide bonds. The van der Waals surface area contributed by atoms with Crippen LogP contribution in [0.4, 0.5) is 0 Å². The summed E-state index contributed by atoms with van der Waals surface area (Å²) in [6.45, 7) is 4.42. The maximum Gasteiger partial charge on any atom is 0.140 e. The zero-order chi connectivity index (χ0) is 10.3. The minimum Gasteiger partial charge on any atom is -0.382 e. The average molecular weight is 194 g/mol. The van der Waals surface area contributed by atoms with Gasteiger partial charge < -0.3 is 9.67 Å². The van der Waals surface area contributed by atoms with Crippen LogP contribution in [-0.4, -0.2) is 14.7 Å². The molecule has 1 aliphatic carbocycles. The summed E-state index contributed by atoms with van der Waals surface area (Å²) in [4.78, 5) is 4.22. The topological polar surface area (TPSA) is 38.1 Å². The molecule has 3 heteroatoms. The minimum absolute atomic E-state index is 0.650. The smallest absolute Gasteiger partial charge is 0.140 e. The number of aryl methyl sites for hydroxylation is 1. The van der Waals surface area contributed by atoms with Gasteiger partial charge in [0.1, 0.15) is 11.4 Å². The lowest BCUT2D eigenvalue weighted by Gasteiger charge is -2.44. The van der Waals surface area contributed by atoms with Crippen molar-refractivity contribution < 1.29 is 5.11 Å². The third-order valence-electron chi connectivity index (χ3n) is 3.38. The molecule has 1 saturated carbocycles. The molecule has 1 fully saturated rings. The minimum atomic E-state index is -0.660. The molecule has 3 nitrogen and oxygen atoms in total. The van der Waals surface area contributed by atoms with Crippen LogP contribution in [0.5, 0.6) is 0 Å². The van der Waals surface area contributed by atoms with Crippen LogP contribution in [0, 0.1) is 11.8 Å². The van der Waals surface area contributed by atoms with Crippen molar-refractivity contribution >= 4 is 0 Å². The van der Waals surface area contributed by atoms with Gasteiger partial charge in [0.05, 0.1) is 0 Å². The van der Waals surface area contributed by atoms with E-state index < -0.39 is 5.60 Å². The van der Waals surface area contributed by atoms with Crippen LogP contribution < -0.4 is 0 Å². The SMILES string of the molecule is CC(C)C1CC(O)(c2nccn2C)C1. The number of imidazole rings is 1. The van der Waals surface area contributed by atoms with Crippen LogP contribution in [0.25, 0.3) is 0 Å². The fraction of sp³-hybridized carbons (Fsp3) is 0.727. The van der Waals surface area contributed by atoms with E-state index in [2.05, 4.69) is 18.8 Å². The van der Waals surface area contributed by atoms with Gasteiger partial charge >= 0.3 is 0 Å². The van der Waals surface area contributed by atoms with Gasteiger partial charge in [0.2, 0.25) is 0 Å². The predicted molar refractivity (Wildman–Crippen MR) is 54.7 cm³/mol. The lowest BCUT2D eigenvalue weighted by atomic mass is 9.66. The van der Waals surface area contributed by atoms with Crippen molar-refractivity contribution in [1.82, 2.24) is 9.55 Å². The van der Waals surface area contributed by atoms with Gasteiger partial charge in [-0.2, -0.15) is 0 Å². The van der Waals surface area contributed by atoms with Crippen LogP contribution in [0.3, 0.4) is 0 Å². The Balaban J connectivity index is 2.11. The van der Waals surface area contributed by atoms with E-state index in [0.29, 0.717) is 11.8 Å². The van der Waals surface area contributed by atoms with Crippen molar-refractivity contribution in [3.63, 3.8) is 0 Å². The molecule has 78 valence electrons. The van der Waals surface area contributed by atoms with Crippen LogP contribution in [0.1, 0.15) is 32.5 Å². The van der Waals surface area contributed by atoms with Crippen molar-refractivity contribution in [2.45, 2.75) is 32.3 Å². The predicted octanol–water partition coefficient (Wildman–Crippen LogP) is 1.67. The highest BCUT2D eigenvalue weighted by molar-refractivity contribution is 5.11. The molecule has 0 bridgehead atoms. The third-order valence-corrected chi connectivity index (χ3v) is 3.38. The van der Waals surface area contributed by atoms with E-state index in [9.17, 15) is 5.11 Å². The lowest BCUT2D eigenvalue weighted by Crippen LogP contribution is -2.44. The molecule has 0 spiro atoms. The van der Waals surface area contributed by atoms with Crippen LogP contribution in [0.2, 0.25) is 0 Å². The van der Waals surface area contributed by atoms with Gasteiger partial charge in [-0.1, -0.05) is 13.8 Å². The Morgan fingerprint density at radius 2 is 2.21 bits per heavy atom. The average Bonchev–Trinajstić information content (AvgIpc) is 2.45. The summed E-state index contributed by atoms with van der Waals surface area (Å²) >= 11 is 0. The molecule has 1 aromatic heterocycles. The van der Waals surface area contributed by atoms with Crippen LogP contribution in [0.15, 0.2) is 12.4 Å². The number of hydrogen-bond donors (Lipinski definition) is 1. The quantitative estimate of drug-likeness (QED) is 0.777.